The third-order valence-corrected chi connectivity index (χ3v) is 1.94. The van der Waals surface area contributed by atoms with Gasteiger partial charge in [-0.25, -0.2) is 8.78 Å². The van der Waals surface area contributed by atoms with Crippen LogP contribution in [0.1, 0.15) is 23.7 Å². The summed E-state index contributed by atoms with van der Waals surface area (Å²) >= 11 is 5.55. The Morgan fingerprint density at radius 2 is 1.92 bits per heavy atom. The van der Waals surface area contributed by atoms with E-state index in [4.69, 9.17) is 11.6 Å². The van der Waals surface area contributed by atoms with Gasteiger partial charge in [-0.1, -0.05) is 18.5 Å². The van der Waals surface area contributed by atoms with E-state index < -0.39 is 11.6 Å². The molecule has 1 nitrogen and oxygen atoms in total. The van der Waals surface area contributed by atoms with Crippen LogP contribution in [0.25, 0.3) is 0 Å². The Labute approximate surface area is 79.3 Å². The maximum absolute atomic E-state index is 12.7. The van der Waals surface area contributed by atoms with Gasteiger partial charge in [-0.05, 0) is 12.1 Å². The number of rotatable bonds is 2. The van der Waals surface area contributed by atoms with Gasteiger partial charge < -0.3 is 0 Å². The molecule has 0 bridgehead atoms. The normalized spacial score (nSPS) is 10.2. The lowest BCUT2D eigenvalue weighted by Crippen LogP contribution is -2.00. The SMILES string of the molecule is CCC(=O)c1cc(F)c(F)cc1Cl. The van der Waals surface area contributed by atoms with Crippen LogP contribution >= 0.6 is 11.6 Å². The highest BCUT2D eigenvalue weighted by Gasteiger charge is 2.12. The summed E-state index contributed by atoms with van der Waals surface area (Å²) in [5.41, 5.74) is 0.0306. The highest BCUT2D eigenvalue weighted by molar-refractivity contribution is 6.33. The van der Waals surface area contributed by atoms with Crippen LogP contribution in [0.4, 0.5) is 8.78 Å². The lowest BCUT2D eigenvalue weighted by atomic mass is 10.1. The van der Waals surface area contributed by atoms with Crippen LogP contribution in [0.2, 0.25) is 5.02 Å². The fourth-order valence-corrected chi connectivity index (χ4v) is 1.18. The number of halogens is 3. The van der Waals surface area contributed by atoms with Crippen molar-refractivity contribution in [3.63, 3.8) is 0 Å². The summed E-state index contributed by atoms with van der Waals surface area (Å²) in [7, 11) is 0. The molecule has 0 aliphatic rings. The summed E-state index contributed by atoms with van der Waals surface area (Å²) in [5, 5.41) is -0.0502. The fraction of sp³-hybridized carbons (Fsp3) is 0.222. The molecule has 0 aliphatic carbocycles. The summed E-state index contributed by atoms with van der Waals surface area (Å²) in [6, 6.07) is 1.63. The summed E-state index contributed by atoms with van der Waals surface area (Å²) in [6.45, 7) is 1.62. The zero-order chi connectivity index (χ0) is 10.0. The molecule has 1 aromatic rings. The zero-order valence-electron chi connectivity index (χ0n) is 6.90. The first-order chi connectivity index (χ1) is 6.06. The minimum atomic E-state index is -1.05. The number of ketones is 1. The van der Waals surface area contributed by atoms with E-state index in [1.54, 1.807) is 6.92 Å². The van der Waals surface area contributed by atoms with E-state index in [0.717, 1.165) is 12.1 Å². The lowest BCUT2D eigenvalue weighted by Gasteiger charge is -2.01. The van der Waals surface area contributed by atoms with E-state index >= 15 is 0 Å². The van der Waals surface area contributed by atoms with Crippen molar-refractivity contribution in [1.29, 1.82) is 0 Å². The van der Waals surface area contributed by atoms with Crippen LogP contribution in [-0.4, -0.2) is 5.78 Å². The predicted molar refractivity (Wildman–Crippen MR) is 46.0 cm³/mol. The van der Waals surface area contributed by atoms with Gasteiger partial charge in [0.1, 0.15) is 0 Å². The van der Waals surface area contributed by atoms with Crippen molar-refractivity contribution in [2.24, 2.45) is 0 Å². The van der Waals surface area contributed by atoms with Crippen molar-refractivity contribution in [2.45, 2.75) is 13.3 Å². The second kappa shape index (κ2) is 3.83. The van der Waals surface area contributed by atoms with Gasteiger partial charge in [0.05, 0.1) is 5.02 Å². The van der Waals surface area contributed by atoms with Crippen molar-refractivity contribution in [3.8, 4) is 0 Å². The Morgan fingerprint density at radius 1 is 1.38 bits per heavy atom. The van der Waals surface area contributed by atoms with Gasteiger partial charge in [0.25, 0.3) is 0 Å². The molecule has 0 saturated heterocycles. The largest absolute Gasteiger partial charge is 0.294 e. The van der Waals surface area contributed by atoms with Crippen molar-refractivity contribution in [2.75, 3.05) is 0 Å². The molecule has 0 saturated carbocycles. The van der Waals surface area contributed by atoms with Crippen LogP contribution < -0.4 is 0 Å². The Bertz CT molecular complexity index is 350. The summed E-state index contributed by atoms with van der Waals surface area (Å²) < 4.78 is 25.2. The highest BCUT2D eigenvalue weighted by Crippen LogP contribution is 2.21. The van der Waals surface area contributed by atoms with Gasteiger partial charge in [0, 0.05) is 12.0 Å². The Morgan fingerprint density at radius 3 is 2.46 bits per heavy atom. The third kappa shape index (κ3) is 2.04. The van der Waals surface area contributed by atoms with E-state index in [1.165, 1.54) is 0 Å². The smallest absolute Gasteiger partial charge is 0.164 e. The van der Waals surface area contributed by atoms with E-state index in [0.29, 0.717) is 0 Å². The van der Waals surface area contributed by atoms with Gasteiger partial charge in [-0.2, -0.15) is 0 Å². The molecule has 0 atom stereocenters. The number of Topliss-reactive ketones (excluding diaryl/α,β-unsaturated/α-hetero) is 1. The molecule has 70 valence electrons. The van der Waals surface area contributed by atoms with E-state index in [-0.39, 0.29) is 22.8 Å². The van der Waals surface area contributed by atoms with Crippen LogP contribution in [0.3, 0.4) is 0 Å². The van der Waals surface area contributed by atoms with Gasteiger partial charge >= 0.3 is 0 Å². The molecule has 1 rings (SSSR count). The quantitative estimate of drug-likeness (QED) is 0.534. The monoisotopic (exact) mass is 204 g/mol. The van der Waals surface area contributed by atoms with E-state index in [1.807, 2.05) is 0 Å². The predicted octanol–water partition coefficient (Wildman–Crippen LogP) is 3.21. The van der Waals surface area contributed by atoms with Crippen molar-refractivity contribution >= 4 is 17.4 Å². The molecule has 1 aromatic carbocycles. The number of carbonyl (C=O) groups is 1. The molecule has 0 aromatic heterocycles. The molecule has 0 aliphatic heterocycles. The molecule has 0 N–H and O–H groups in total. The molecule has 0 fully saturated rings. The van der Waals surface area contributed by atoms with Gasteiger partial charge in [0.2, 0.25) is 0 Å². The van der Waals surface area contributed by atoms with Gasteiger partial charge in [0.15, 0.2) is 17.4 Å². The maximum atomic E-state index is 12.7. The first-order valence-corrected chi connectivity index (χ1v) is 4.11. The number of benzene rings is 1. The molecule has 4 heteroatoms. The van der Waals surface area contributed by atoms with Crippen molar-refractivity contribution in [3.05, 3.63) is 34.4 Å². The molecule has 0 unspecified atom stereocenters. The van der Waals surface area contributed by atoms with Crippen LogP contribution in [0.15, 0.2) is 12.1 Å². The maximum Gasteiger partial charge on any atom is 0.164 e. The van der Waals surface area contributed by atoms with Crippen molar-refractivity contribution in [1.82, 2.24) is 0 Å². The van der Waals surface area contributed by atoms with E-state index in [9.17, 15) is 13.6 Å². The standard InChI is InChI=1S/C9H7ClF2O/c1-2-9(13)5-3-7(11)8(12)4-6(5)10/h3-4H,2H2,1H3. The molecule has 0 radical (unpaired) electrons. The van der Waals surface area contributed by atoms with Crippen LogP contribution in [-0.2, 0) is 0 Å². The summed E-state index contributed by atoms with van der Waals surface area (Å²) in [4.78, 5) is 11.1. The Kier molecular flexibility index (Phi) is 2.98. The average molecular weight is 205 g/mol. The fourth-order valence-electron chi connectivity index (χ4n) is 0.927. The highest BCUT2D eigenvalue weighted by atomic mass is 35.5. The zero-order valence-corrected chi connectivity index (χ0v) is 7.66. The number of carbonyl (C=O) groups excluding carboxylic acids is 1. The van der Waals surface area contributed by atoms with Crippen LogP contribution in [0.5, 0.6) is 0 Å². The lowest BCUT2D eigenvalue weighted by molar-refractivity contribution is 0.0988. The Balaban J connectivity index is 3.23. The summed E-state index contributed by atoms with van der Waals surface area (Å²) in [6.07, 6.45) is 0.213. The summed E-state index contributed by atoms with van der Waals surface area (Å²) in [5.74, 6) is -2.40. The molecule has 13 heavy (non-hydrogen) atoms. The Hall–Kier alpha value is -0.960. The minimum absolute atomic E-state index is 0.0306. The van der Waals surface area contributed by atoms with Gasteiger partial charge in [-0.15, -0.1) is 0 Å². The average Bonchev–Trinajstić information content (AvgIpc) is 2.10. The molecule has 0 spiro atoms. The van der Waals surface area contributed by atoms with Crippen LogP contribution in [0, 0.1) is 11.6 Å². The number of hydrogen-bond acceptors (Lipinski definition) is 1. The third-order valence-electron chi connectivity index (χ3n) is 1.63. The molecule has 0 amide bonds. The molecular formula is C9H7ClF2O. The second-order valence-electron chi connectivity index (χ2n) is 2.52. The first kappa shape index (κ1) is 10.1. The number of hydrogen-bond donors (Lipinski definition) is 0. The van der Waals surface area contributed by atoms with E-state index in [2.05, 4.69) is 0 Å². The minimum Gasteiger partial charge on any atom is -0.294 e. The second-order valence-corrected chi connectivity index (χ2v) is 2.93. The molecule has 0 heterocycles. The first-order valence-electron chi connectivity index (χ1n) is 3.74. The topological polar surface area (TPSA) is 17.1 Å². The van der Waals surface area contributed by atoms with Crippen molar-refractivity contribution < 1.29 is 13.6 Å². The molecular weight excluding hydrogens is 198 g/mol. The van der Waals surface area contributed by atoms with Gasteiger partial charge in [-0.3, -0.25) is 4.79 Å².